The van der Waals surface area contributed by atoms with Crippen LogP contribution in [0.5, 0.6) is 0 Å². The van der Waals surface area contributed by atoms with E-state index in [2.05, 4.69) is 0 Å². The summed E-state index contributed by atoms with van der Waals surface area (Å²) in [4.78, 5) is 15.5. The van der Waals surface area contributed by atoms with Crippen molar-refractivity contribution in [3.05, 3.63) is 71.3 Å². The molecular weight excluding hydrogens is 541 g/mol. The summed E-state index contributed by atoms with van der Waals surface area (Å²) in [5.41, 5.74) is 2.98. The summed E-state index contributed by atoms with van der Waals surface area (Å²) in [7, 11) is -3.61. The molecule has 1 amide bonds. The zero-order valence-corrected chi connectivity index (χ0v) is 23.6. The van der Waals surface area contributed by atoms with Crippen LogP contribution >= 0.6 is 24.0 Å². The van der Waals surface area contributed by atoms with Crippen molar-refractivity contribution in [2.75, 3.05) is 32.8 Å². The van der Waals surface area contributed by atoms with E-state index < -0.39 is 10.0 Å². The summed E-state index contributed by atoms with van der Waals surface area (Å²) in [5, 5.41) is 4.81. The molecule has 8 nitrogen and oxygen atoms in total. The molecule has 38 heavy (non-hydrogen) atoms. The van der Waals surface area contributed by atoms with E-state index in [4.69, 9.17) is 22.1 Å². The third kappa shape index (κ3) is 5.48. The Morgan fingerprint density at radius 3 is 2.42 bits per heavy atom. The van der Waals surface area contributed by atoms with Crippen LogP contribution in [0.15, 0.2) is 70.6 Å². The van der Waals surface area contributed by atoms with Crippen molar-refractivity contribution in [3.8, 4) is 16.9 Å². The van der Waals surface area contributed by atoms with E-state index in [-0.39, 0.29) is 10.8 Å². The number of nitrogens with zero attached hydrogens (tertiary/aromatic N) is 4. The lowest BCUT2D eigenvalue weighted by molar-refractivity contribution is -0.122. The second-order valence-electron chi connectivity index (χ2n) is 9.44. The number of thiocarbonyl (C=S) groups is 1. The number of morpholine rings is 1. The molecule has 0 spiro atoms. The molecule has 2 fully saturated rings. The summed E-state index contributed by atoms with van der Waals surface area (Å²) in [6.45, 7) is 6.12. The standard InChI is InChI=1S/C27H28N4O4S3/c1-19(2)17-30-26(32)24(37-27(30)36)16-21-18-31(22-6-4-3-5-7-22)28-25(21)20-8-10-23(11-9-20)38(33,34)29-12-14-35-15-13-29/h3-11,16,18-19H,12-15,17H2,1-2H3/b24-16-. The number of para-hydroxylation sites is 1. The van der Waals surface area contributed by atoms with Crippen molar-refractivity contribution >= 4 is 50.3 Å². The fourth-order valence-corrected chi connectivity index (χ4v) is 6.99. The molecule has 2 aromatic carbocycles. The van der Waals surface area contributed by atoms with Crippen molar-refractivity contribution in [1.82, 2.24) is 19.0 Å². The van der Waals surface area contributed by atoms with Gasteiger partial charge in [-0.3, -0.25) is 9.69 Å². The molecule has 2 aliphatic rings. The van der Waals surface area contributed by atoms with Gasteiger partial charge in [0.1, 0.15) is 4.32 Å². The van der Waals surface area contributed by atoms with Gasteiger partial charge in [-0.25, -0.2) is 13.1 Å². The molecule has 0 saturated carbocycles. The van der Waals surface area contributed by atoms with Crippen LogP contribution in [0.1, 0.15) is 19.4 Å². The van der Waals surface area contributed by atoms with Crippen LogP contribution in [0.25, 0.3) is 23.0 Å². The number of carbonyl (C=O) groups is 1. The Morgan fingerprint density at radius 2 is 1.76 bits per heavy atom. The zero-order chi connectivity index (χ0) is 26.9. The van der Waals surface area contributed by atoms with Gasteiger partial charge in [0.2, 0.25) is 10.0 Å². The Morgan fingerprint density at radius 1 is 1.08 bits per heavy atom. The van der Waals surface area contributed by atoms with Gasteiger partial charge in [-0.05, 0) is 36.3 Å². The average molecular weight is 569 g/mol. The summed E-state index contributed by atoms with van der Waals surface area (Å²) < 4.78 is 35.2. The first kappa shape index (κ1) is 26.8. The SMILES string of the molecule is CC(C)CN1C(=O)/C(=C/c2cn(-c3ccccc3)nc2-c2ccc(S(=O)(=O)N3CCOCC3)cc2)SC1=S. The van der Waals surface area contributed by atoms with Gasteiger partial charge in [0.25, 0.3) is 5.91 Å². The predicted molar refractivity (Wildman–Crippen MR) is 153 cm³/mol. The number of hydrogen-bond donors (Lipinski definition) is 0. The molecule has 198 valence electrons. The molecule has 0 N–H and O–H groups in total. The molecule has 3 heterocycles. The normalized spacial score (nSPS) is 18.2. The Bertz CT molecular complexity index is 1480. The highest BCUT2D eigenvalue weighted by Gasteiger charge is 2.33. The monoisotopic (exact) mass is 568 g/mol. The summed E-state index contributed by atoms with van der Waals surface area (Å²) in [6.07, 6.45) is 3.69. The Labute approximate surface area is 232 Å². The van der Waals surface area contributed by atoms with E-state index in [9.17, 15) is 13.2 Å². The van der Waals surface area contributed by atoms with E-state index in [1.165, 1.54) is 16.1 Å². The molecule has 2 aliphatic heterocycles. The number of thioether (sulfide) groups is 1. The third-order valence-electron chi connectivity index (χ3n) is 6.21. The number of hydrogen-bond acceptors (Lipinski definition) is 7. The van der Waals surface area contributed by atoms with Crippen LogP contribution in [0.4, 0.5) is 0 Å². The number of amides is 1. The maximum Gasteiger partial charge on any atom is 0.266 e. The number of ether oxygens (including phenoxy) is 1. The van der Waals surface area contributed by atoms with Crippen LogP contribution in [0, 0.1) is 5.92 Å². The fourth-order valence-electron chi connectivity index (χ4n) is 4.31. The minimum atomic E-state index is -3.61. The van der Waals surface area contributed by atoms with Crippen molar-refractivity contribution in [3.63, 3.8) is 0 Å². The van der Waals surface area contributed by atoms with Gasteiger partial charge in [0.05, 0.1) is 34.4 Å². The van der Waals surface area contributed by atoms with Gasteiger partial charge in [-0.2, -0.15) is 9.40 Å². The molecule has 0 atom stereocenters. The first-order valence-corrected chi connectivity index (χ1v) is 15.0. The summed E-state index contributed by atoms with van der Waals surface area (Å²) >= 11 is 6.76. The second kappa shape index (κ2) is 11.1. The molecular formula is C27H28N4O4S3. The number of aromatic nitrogens is 2. The van der Waals surface area contributed by atoms with E-state index in [1.54, 1.807) is 33.8 Å². The zero-order valence-electron chi connectivity index (χ0n) is 21.1. The van der Waals surface area contributed by atoms with E-state index in [0.717, 1.165) is 16.8 Å². The van der Waals surface area contributed by atoms with Crippen LogP contribution in [0.3, 0.4) is 0 Å². The third-order valence-corrected chi connectivity index (χ3v) is 9.50. The lowest BCUT2D eigenvalue weighted by Gasteiger charge is -2.26. The van der Waals surface area contributed by atoms with Gasteiger partial charge < -0.3 is 4.74 Å². The lowest BCUT2D eigenvalue weighted by Crippen LogP contribution is -2.40. The van der Waals surface area contributed by atoms with Crippen molar-refractivity contribution in [2.24, 2.45) is 5.92 Å². The first-order valence-electron chi connectivity index (χ1n) is 12.3. The molecule has 0 unspecified atom stereocenters. The van der Waals surface area contributed by atoms with Gasteiger partial charge >= 0.3 is 0 Å². The van der Waals surface area contributed by atoms with Crippen LogP contribution in [-0.4, -0.2) is 70.5 Å². The van der Waals surface area contributed by atoms with E-state index in [0.29, 0.717) is 53.7 Å². The largest absolute Gasteiger partial charge is 0.379 e. The predicted octanol–water partition coefficient (Wildman–Crippen LogP) is 4.42. The summed E-state index contributed by atoms with van der Waals surface area (Å²) in [6, 6.07) is 16.4. The highest BCUT2D eigenvalue weighted by atomic mass is 32.2. The first-order chi connectivity index (χ1) is 18.2. The fraction of sp³-hybridized carbons (Fsp3) is 0.296. The van der Waals surface area contributed by atoms with Gasteiger partial charge in [0, 0.05) is 37.0 Å². The van der Waals surface area contributed by atoms with Crippen LogP contribution in [-0.2, 0) is 19.6 Å². The Kier molecular flexibility index (Phi) is 7.83. The summed E-state index contributed by atoms with van der Waals surface area (Å²) in [5.74, 6) is 0.180. The molecule has 3 aromatic rings. The molecule has 5 rings (SSSR count). The smallest absolute Gasteiger partial charge is 0.266 e. The highest BCUT2D eigenvalue weighted by Crippen LogP contribution is 2.35. The second-order valence-corrected chi connectivity index (χ2v) is 13.1. The molecule has 11 heteroatoms. The Balaban J connectivity index is 1.52. The van der Waals surface area contributed by atoms with Gasteiger partial charge in [0.15, 0.2) is 0 Å². The lowest BCUT2D eigenvalue weighted by atomic mass is 10.1. The number of benzene rings is 2. The average Bonchev–Trinajstić information content (AvgIpc) is 3.46. The molecule has 1 aromatic heterocycles. The number of rotatable bonds is 7. The van der Waals surface area contributed by atoms with E-state index in [1.807, 2.05) is 56.5 Å². The molecule has 0 radical (unpaired) electrons. The minimum absolute atomic E-state index is 0.112. The number of sulfonamides is 1. The molecule has 0 bridgehead atoms. The van der Waals surface area contributed by atoms with E-state index >= 15 is 0 Å². The van der Waals surface area contributed by atoms with Gasteiger partial charge in [-0.1, -0.05) is 68.2 Å². The number of carbonyl (C=O) groups excluding carboxylic acids is 1. The Hall–Kier alpha value is -2.83. The van der Waals surface area contributed by atoms with Crippen molar-refractivity contribution in [1.29, 1.82) is 0 Å². The molecule has 0 aliphatic carbocycles. The van der Waals surface area contributed by atoms with Crippen molar-refractivity contribution in [2.45, 2.75) is 18.7 Å². The maximum atomic E-state index is 13.1. The topological polar surface area (TPSA) is 84.7 Å². The highest BCUT2D eigenvalue weighted by molar-refractivity contribution is 8.26. The maximum absolute atomic E-state index is 13.1. The van der Waals surface area contributed by atoms with Crippen molar-refractivity contribution < 1.29 is 17.9 Å². The quantitative estimate of drug-likeness (QED) is 0.308. The van der Waals surface area contributed by atoms with Crippen LogP contribution in [0.2, 0.25) is 0 Å². The molecule has 2 saturated heterocycles. The van der Waals surface area contributed by atoms with Crippen LogP contribution < -0.4 is 0 Å². The minimum Gasteiger partial charge on any atom is -0.379 e. The van der Waals surface area contributed by atoms with Gasteiger partial charge in [-0.15, -0.1) is 0 Å².